The molecule has 2 amide bonds. The molecule has 0 radical (unpaired) electrons. The monoisotopic (exact) mass is 260 g/mol. The van der Waals surface area contributed by atoms with Crippen molar-refractivity contribution in [3.63, 3.8) is 0 Å². The minimum Gasteiger partial charge on any atom is -0.480 e. The van der Waals surface area contributed by atoms with Crippen LogP contribution in [0, 0.1) is 5.92 Å². The molecule has 0 aromatic heterocycles. The van der Waals surface area contributed by atoms with Gasteiger partial charge < -0.3 is 25.6 Å². The van der Waals surface area contributed by atoms with Crippen molar-refractivity contribution in [3.05, 3.63) is 0 Å². The molecule has 4 atom stereocenters. The van der Waals surface area contributed by atoms with Crippen molar-refractivity contribution in [3.8, 4) is 0 Å². The fraction of sp³-hybridized carbons (Fsp3) is 0.818. The number of ether oxygens (including phenoxy) is 1. The third kappa shape index (κ3) is 4.15. The van der Waals surface area contributed by atoms with E-state index in [1.807, 2.05) is 6.92 Å². The van der Waals surface area contributed by atoms with E-state index in [0.717, 1.165) is 6.42 Å². The third-order valence-corrected chi connectivity index (χ3v) is 3.09. The Labute approximate surface area is 106 Å². The molecule has 104 valence electrons. The second-order valence-corrected chi connectivity index (χ2v) is 4.54. The van der Waals surface area contributed by atoms with Crippen LogP contribution in [0.25, 0.3) is 0 Å². The van der Waals surface area contributed by atoms with Crippen molar-refractivity contribution in [2.45, 2.75) is 38.5 Å². The van der Waals surface area contributed by atoms with Crippen LogP contribution in [-0.2, 0) is 9.53 Å². The number of hydrogen-bond donors (Lipinski definition) is 4. The van der Waals surface area contributed by atoms with Crippen LogP contribution in [0.4, 0.5) is 4.79 Å². The fourth-order valence-corrected chi connectivity index (χ4v) is 1.85. The first kappa shape index (κ1) is 14.7. The Kier molecular flexibility index (Phi) is 5.36. The normalized spacial score (nSPS) is 26.4. The van der Waals surface area contributed by atoms with E-state index in [0.29, 0.717) is 13.2 Å². The average molecular weight is 260 g/mol. The van der Waals surface area contributed by atoms with E-state index in [1.165, 1.54) is 6.92 Å². The number of carbonyl (C=O) groups is 2. The molecular formula is C11H20N2O5. The maximum atomic E-state index is 11.5. The summed E-state index contributed by atoms with van der Waals surface area (Å²) in [5.41, 5.74) is 0. The van der Waals surface area contributed by atoms with Gasteiger partial charge in [0, 0.05) is 19.1 Å². The molecule has 0 spiro atoms. The van der Waals surface area contributed by atoms with Crippen LogP contribution >= 0.6 is 0 Å². The SMILES string of the molecule is CC(O)C(NC(=O)NCC1CCOC1C)C(=O)O. The van der Waals surface area contributed by atoms with E-state index in [1.54, 1.807) is 0 Å². The lowest BCUT2D eigenvalue weighted by Crippen LogP contribution is -2.51. The van der Waals surface area contributed by atoms with Gasteiger partial charge in [0.05, 0.1) is 12.2 Å². The number of hydrogen-bond acceptors (Lipinski definition) is 4. The van der Waals surface area contributed by atoms with E-state index in [9.17, 15) is 14.7 Å². The first-order valence-corrected chi connectivity index (χ1v) is 5.98. The number of aliphatic hydroxyl groups excluding tert-OH is 1. The average Bonchev–Trinajstić information content (AvgIpc) is 2.68. The van der Waals surface area contributed by atoms with Crippen LogP contribution in [0.15, 0.2) is 0 Å². The lowest BCUT2D eigenvalue weighted by atomic mass is 10.0. The molecule has 1 aliphatic rings. The molecule has 0 saturated carbocycles. The Morgan fingerprint density at radius 3 is 2.61 bits per heavy atom. The molecule has 4 unspecified atom stereocenters. The minimum atomic E-state index is -1.30. The van der Waals surface area contributed by atoms with Gasteiger partial charge in [-0.05, 0) is 20.3 Å². The molecule has 0 bridgehead atoms. The van der Waals surface area contributed by atoms with Crippen LogP contribution < -0.4 is 10.6 Å². The van der Waals surface area contributed by atoms with E-state index in [2.05, 4.69) is 10.6 Å². The number of carbonyl (C=O) groups excluding carboxylic acids is 1. The van der Waals surface area contributed by atoms with Crippen LogP contribution in [0.5, 0.6) is 0 Å². The van der Waals surface area contributed by atoms with Gasteiger partial charge in [0.2, 0.25) is 0 Å². The zero-order chi connectivity index (χ0) is 13.7. The van der Waals surface area contributed by atoms with Gasteiger partial charge in [-0.1, -0.05) is 0 Å². The Morgan fingerprint density at radius 2 is 2.17 bits per heavy atom. The molecule has 1 heterocycles. The standard InChI is InChI=1S/C11H20N2O5/c1-6(14)9(10(15)16)13-11(17)12-5-8-3-4-18-7(8)2/h6-9,14H,3-5H2,1-2H3,(H,15,16)(H2,12,13,17). The second-order valence-electron chi connectivity index (χ2n) is 4.54. The number of amides is 2. The fourth-order valence-electron chi connectivity index (χ4n) is 1.85. The summed E-state index contributed by atoms with van der Waals surface area (Å²) in [6.07, 6.45) is -0.181. The van der Waals surface area contributed by atoms with Gasteiger partial charge in [-0.25, -0.2) is 9.59 Å². The third-order valence-electron chi connectivity index (χ3n) is 3.09. The minimum absolute atomic E-state index is 0.0948. The lowest BCUT2D eigenvalue weighted by Gasteiger charge is -2.19. The maximum absolute atomic E-state index is 11.5. The van der Waals surface area contributed by atoms with Crippen LogP contribution in [0.2, 0.25) is 0 Å². The predicted octanol–water partition coefficient (Wildman–Crippen LogP) is -0.455. The largest absolute Gasteiger partial charge is 0.480 e. The molecule has 0 aliphatic carbocycles. The molecule has 0 aromatic carbocycles. The second kappa shape index (κ2) is 6.55. The molecular weight excluding hydrogens is 240 g/mol. The van der Waals surface area contributed by atoms with Crippen LogP contribution in [0.3, 0.4) is 0 Å². The molecule has 18 heavy (non-hydrogen) atoms. The first-order valence-electron chi connectivity index (χ1n) is 5.98. The maximum Gasteiger partial charge on any atom is 0.328 e. The Morgan fingerprint density at radius 1 is 1.50 bits per heavy atom. The molecule has 0 aromatic rings. The summed E-state index contributed by atoms with van der Waals surface area (Å²) in [5, 5.41) is 22.8. The highest BCUT2D eigenvalue weighted by molar-refractivity contribution is 5.82. The van der Waals surface area contributed by atoms with Gasteiger partial charge in [-0.3, -0.25) is 0 Å². The molecule has 1 aliphatic heterocycles. The summed E-state index contributed by atoms with van der Waals surface area (Å²) in [5.74, 6) is -1.02. The number of rotatable bonds is 5. The Balaban J connectivity index is 2.34. The highest BCUT2D eigenvalue weighted by Gasteiger charge is 2.27. The molecule has 1 fully saturated rings. The molecule has 7 heteroatoms. The van der Waals surface area contributed by atoms with Crippen molar-refractivity contribution < 1.29 is 24.5 Å². The van der Waals surface area contributed by atoms with Gasteiger partial charge in [0.15, 0.2) is 6.04 Å². The van der Waals surface area contributed by atoms with Crippen molar-refractivity contribution in [1.82, 2.24) is 10.6 Å². The number of aliphatic carboxylic acids is 1. The quantitative estimate of drug-likeness (QED) is 0.535. The van der Waals surface area contributed by atoms with Gasteiger partial charge in [0.1, 0.15) is 0 Å². The summed E-state index contributed by atoms with van der Waals surface area (Å²) in [6, 6.07) is -1.90. The number of urea groups is 1. The Bertz CT molecular complexity index is 308. The first-order chi connectivity index (χ1) is 8.41. The summed E-state index contributed by atoms with van der Waals surface area (Å²) < 4.78 is 5.35. The van der Waals surface area contributed by atoms with Gasteiger partial charge >= 0.3 is 12.0 Å². The summed E-state index contributed by atoms with van der Waals surface area (Å²) in [7, 11) is 0. The molecule has 1 rings (SSSR count). The number of nitrogens with one attached hydrogen (secondary N) is 2. The van der Waals surface area contributed by atoms with Gasteiger partial charge in [0.25, 0.3) is 0 Å². The van der Waals surface area contributed by atoms with E-state index >= 15 is 0 Å². The summed E-state index contributed by atoms with van der Waals surface area (Å²) >= 11 is 0. The zero-order valence-electron chi connectivity index (χ0n) is 10.5. The smallest absolute Gasteiger partial charge is 0.328 e. The molecule has 7 nitrogen and oxygen atoms in total. The summed E-state index contributed by atoms with van der Waals surface area (Å²) in [6.45, 7) is 4.36. The van der Waals surface area contributed by atoms with Gasteiger partial charge in [-0.2, -0.15) is 0 Å². The van der Waals surface area contributed by atoms with Gasteiger partial charge in [-0.15, -0.1) is 0 Å². The zero-order valence-corrected chi connectivity index (χ0v) is 10.5. The van der Waals surface area contributed by atoms with Crippen molar-refractivity contribution in [2.75, 3.05) is 13.2 Å². The van der Waals surface area contributed by atoms with Crippen molar-refractivity contribution >= 4 is 12.0 Å². The lowest BCUT2D eigenvalue weighted by molar-refractivity contribution is -0.141. The Hall–Kier alpha value is -1.34. The topological polar surface area (TPSA) is 108 Å². The van der Waals surface area contributed by atoms with E-state index < -0.39 is 24.1 Å². The van der Waals surface area contributed by atoms with Crippen LogP contribution in [0.1, 0.15) is 20.3 Å². The highest BCUT2D eigenvalue weighted by Crippen LogP contribution is 2.19. The van der Waals surface area contributed by atoms with Crippen molar-refractivity contribution in [1.29, 1.82) is 0 Å². The number of carboxylic acid groups (broad SMARTS) is 1. The number of aliphatic hydroxyl groups is 1. The highest BCUT2D eigenvalue weighted by atomic mass is 16.5. The van der Waals surface area contributed by atoms with E-state index in [4.69, 9.17) is 9.84 Å². The summed E-state index contributed by atoms with van der Waals surface area (Å²) in [4.78, 5) is 22.3. The molecule has 1 saturated heterocycles. The predicted molar refractivity (Wildman–Crippen MR) is 63.2 cm³/mol. The molecule has 4 N–H and O–H groups in total. The van der Waals surface area contributed by atoms with Crippen molar-refractivity contribution in [2.24, 2.45) is 5.92 Å². The van der Waals surface area contributed by atoms with E-state index in [-0.39, 0.29) is 12.0 Å². The number of carboxylic acids is 1. The van der Waals surface area contributed by atoms with Crippen LogP contribution in [-0.4, -0.2) is 53.6 Å².